The highest BCUT2D eigenvalue weighted by atomic mass is 35.5. The zero-order valence-electron chi connectivity index (χ0n) is 16.4. The Hall–Kier alpha value is -1.79. The number of rotatable bonds is 6. The molecular formula is C21H30ClN4O2+. The lowest BCUT2D eigenvalue weighted by Gasteiger charge is -2.33. The summed E-state index contributed by atoms with van der Waals surface area (Å²) in [5, 5.41) is 0.787. The quantitative estimate of drug-likeness (QED) is 0.578. The molecule has 1 aromatic rings. The number of piperazine rings is 1. The lowest BCUT2D eigenvalue weighted by molar-refractivity contribution is -0.900. The molecule has 4 rings (SSSR count). The number of hydrogen-bond donors (Lipinski definition) is 1. The number of nitrogens with zero attached hydrogens (tertiary/aromatic N) is 3. The van der Waals surface area contributed by atoms with E-state index >= 15 is 0 Å². The minimum absolute atomic E-state index is 0.0344. The summed E-state index contributed by atoms with van der Waals surface area (Å²) in [6.07, 6.45) is 4.86. The molecule has 7 heteroatoms. The topological polar surface area (TPSA) is 48.3 Å². The first-order valence-electron chi connectivity index (χ1n) is 10.6. The van der Waals surface area contributed by atoms with Crippen LogP contribution in [-0.4, -0.2) is 73.6 Å². The number of carbonyl (C=O) groups is 2. The molecule has 1 N–H and O–H groups in total. The Kier molecular flexibility index (Phi) is 6.07. The van der Waals surface area contributed by atoms with Gasteiger partial charge in [0.05, 0.1) is 32.7 Å². The van der Waals surface area contributed by atoms with Crippen LogP contribution >= 0.6 is 11.6 Å². The first-order chi connectivity index (χ1) is 13.6. The number of carbonyl (C=O) groups excluding carboxylic acids is 2. The summed E-state index contributed by atoms with van der Waals surface area (Å²) in [6.45, 7) is 6.73. The molecule has 0 saturated carbocycles. The predicted octanol–water partition coefficient (Wildman–Crippen LogP) is 1.64. The number of urea groups is 1. The summed E-state index contributed by atoms with van der Waals surface area (Å²) < 4.78 is 0. The summed E-state index contributed by atoms with van der Waals surface area (Å²) in [4.78, 5) is 32.2. The van der Waals surface area contributed by atoms with Crippen LogP contribution in [0.25, 0.3) is 0 Å². The van der Waals surface area contributed by atoms with E-state index in [1.165, 1.54) is 10.6 Å². The fourth-order valence-corrected chi connectivity index (χ4v) is 4.89. The van der Waals surface area contributed by atoms with Gasteiger partial charge in [-0.2, -0.15) is 0 Å². The minimum atomic E-state index is -0.175. The standard InChI is InChI=1S/C21H29ClN4O2/c22-17-6-5-7-18(16-17)24-14-12-23(13-15-24)9-3-4-11-26-20(27)19-8-1-2-10-25(19)21(26)28/h5-7,16,19H,1-4,8-15H2/p+1/t19-/m1/s1. The Morgan fingerprint density at radius 2 is 1.89 bits per heavy atom. The van der Waals surface area contributed by atoms with Gasteiger partial charge in [0.1, 0.15) is 6.04 Å². The van der Waals surface area contributed by atoms with Crippen molar-refractivity contribution in [2.45, 2.75) is 38.1 Å². The molecule has 3 saturated heterocycles. The van der Waals surface area contributed by atoms with Crippen molar-refractivity contribution in [1.82, 2.24) is 9.80 Å². The second-order valence-corrected chi connectivity index (χ2v) is 8.59. The van der Waals surface area contributed by atoms with E-state index in [1.54, 1.807) is 9.80 Å². The highest BCUT2D eigenvalue weighted by Gasteiger charge is 2.45. The van der Waals surface area contributed by atoms with Gasteiger partial charge in [-0.15, -0.1) is 0 Å². The second-order valence-electron chi connectivity index (χ2n) is 8.15. The van der Waals surface area contributed by atoms with Gasteiger partial charge in [0.25, 0.3) is 5.91 Å². The molecule has 6 nitrogen and oxygen atoms in total. The van der Waals surface area contributed by atoms with Gasteiger partial charge in [-0.1, -0.05) is 17.7 Å². The Balaban J connectivity index is 1.17. The summed E-state index contributed by atoms with van der Waals surface area (Å²) >= 11 is 6.10. The monoisotopic (exact) mass is 405 g/mol. The molecule has 0 bridgehead atoms. The highest BCUT2D eigenvalue weighted by Crippen LogP contribution is 2.26. The molecule has 0 radical (unpaired) electrons. The maximum absolute atomic E-state index is 12.5. The third-order valence-corrected chi connectivity index (χ3v) is 6.57. The number of halogens is 1. The van der Waals surface area contributed by atoms with E-state index in [-0.39, 0.29) is 18.0 Å². The van der Waals surface area contributed by atoms with Crippen LogP contribution in [0.1, 0.15) is 32.1 Å². The number of hydrogen-bond acceptors (Lipinski definition) is 3. The maximum Gasteiger partial charge on any atom is 0.327 e. The zero-order chi connectivity index (χ0) is 19.5. The lowest BCUT2D eigenvalue weighted by Crippen LogP contribution is -3.14. The number of amides is 3. The van der Waals surface area contributed by atoms with Crippen molar-refractivity contribution in [2.75, 3.05) is 50.7 Å². The summed E-state index contributed by atoms with van der Waals surface area (Å²) in [6, 6.07) is 7.83. The molecule has 0 spiro atoms. The molecular weight excluding hydrogens is 376 g/mol. The van der Waals surface area contributed by atoms with Gasteiger partial charge in [0, 0.05) is 23.8 Å². The van der Waals surface area contributed by atoms with Crippen LogP contribution in [0.4, 0.5) is 10.5 Å². The van der Waals surface area contributed by atoms with E-state index < -0.39 is 0 Å². The van der Waals surface area contributed by atoms with Gasteiger partial charge >= 0.3 is 6.03 Å². The average molecular weight is 406 g/mol. The van der Waals surface area contributed by atoms with E-state index in [2.05, 4.69) is 11.0 Å². The van der Waals surface area contributed by atoms with Gasteiger partial charge in [-0.3, -0.25) is 9.69 Å². The number of quaternary nitrogens is 1. The molecule has 28 heavy (non-hydrogen) atoms. The molecule has 3 aliphatic heterocycles. The van der Waals surface area contributed by atoms with Crippen LogP contribution in [0.3, 0.4) is 0 Å². The van der Waals surface area contributed by atoms with Crippen molar-refractivity contribution in [3.05, 3.63) is 29.3 Å². The van der Waals surface area contributed by atoms with Crippen molar-refractivity contribution in [3.63, 3.8) is 0 Å². The average Bonchev–Trinajstić information content (AvgIpc) is 2.96. The van der Waals surface area contributed by atoms with Crippen LogP contribution < -0.4 is 9.80 Å². The molecule has 152 valence electrons. The van der Waals surface area contributed by atoms with Crippen molar-refractivity contribution < 1.29 is 14.5 Å². The van der Waals surface area contributed by atoms with E-state index in [1.807, 2.05) is 18.2 Å². The Labute approximate surface area is 172 Å². The van der Waals surface area contributed by atoms with Crippen molar-refractivity contribution in [3.8, 4) is 0 Å². The van der Waals surface area contributed by atoms with E-state index in [4.69, 9.17) is 11.6 Å². The van der Waals surface area contributed by atoms with Gasteiger partial charge < -0.3 is 14.7 Å². The normalized spacial score (nSPS) is 23.5. The molecule has 3 amide bonds. The van der Waals surface area contributed by atoms with Crippen LogP contribution in [0.2, 0.25) is 5.02 Å². The van der Waals surface area contributed by atoms with Gasteiger partial charge in [-0.05, 0) is 50.3 Å². The number of fused-ring (bicyclic) bond motifs is 1. The highest BCUT2D eigenvalue weighted by molar-refractivity contribution is 6.30. The summed E-state index contributed by atoms with van der Waals surface area (Å²) in [7, 11) is 0. The first-order valence-corrected chi connectivity index (χ1v) is 11.0. The largest absolute Gasteiger partial charge is 0.360 e. The van der Waals surface area contributed by atoms with E-state index in [0.29, 0.717) is 6.54 Å². The fourth-order valence-electron chi connectivity index (χ4n) is 4.70. The van der Waals surface area contributed by atoms with Crippen LogP contribution in [0, 0.1) is 0 Å². The zero-order valence-corrected chi connectivity index (χ0v) is 17.2. The number of anilines is 1. The Morgan fingerprint density at radius 3 is 2.64 bits per heavy atom. The van der Waals surface area contributed by atoms with Crippen LogP contribution in [0.15, 0.2) is 24.3 Å². The first kappa shape index (κ1) is 19.5. The van der Waals surface area contributed by atoms with Crippen molar-refractivity contribution in [2.24, 2.45) is 0 Å². The smallest absolute Gasteiger partial charge is 0.327 e. The number of benzene rings is 1. The number of imide groups is 1. The third-order valence-electron chi connectivity index (χ3n) is 6.34. The molecule has 3 heterocycles. The minimum Gasteiger partial charge on any atom is -0.360 e. The summed E-state index contributed by atoms with van der Waals surface area (Å²) in [5.74, 6) is 0.0344. The fraction of sp³-hybridized carbons (Fsp3) is 0.619. The Morgan fingerprint density at radius 1 is 1.07 bits per heavy atom. The van der Waals surface area contributed by atoms with Crippen molar-refractivity contribution >= 4 is 29.2 Å². The molecule has 1 atom stereocenters. The Bertz CT molecular complexity index is 696. The molecule has 3 aliphatic rings. The van der Waals surface area contributed by atoms with Gasteiger partial charge in [0.15, 0.2) is 0 Å². The van der Waals surface area contributed by atoms with Crippen LogP contribution in [0.5, 0.6) is 0 Å². The molecule has 0 aliphatic carbocycles. The lowest BCUT2D eigenvalue weighted by atomic mass is 10.0. The SMILES string of the molecule is O=C1[C@H]2CCCCN2C(=O)N1CCCC[NH+]1CCN(c2cccc(Cl)c2)CC1. The maximum atomic E-state index is 12.5. The summed E-state index contributed by atoms with van der Waals surface area (Å²) in [5.41, 5.74) is 1.20. The molecule has 1 aromatic carbocycles. The predicted molar refractivity (Wildman–Crippen MR) is 110 cm³/mol. The third kappa shape index (κ3) is 4.13. The number of unbranched alkanes of at least 4 members (excludes halogenated alkanes) is 1. The molecule has 0 unspecified atom stereocenters. The van der Waals surface area contributed by atoms with Gasteiger partial charge in [0.2, 0.25) is 0 Å². The molecule has 3 fully saturated rings. The molecule has 0 aromatic heterocycles. The number of piperidine rings is 1. The van der Waals surface area contributed by atoms with Gasteiger partial charge in [-0.25, -0.2) is 4.79 Å². The number of nitrogens with one attached hydrogen (secondary N) is 1. The van der Waals surface area contributed by atoms with E-state index in [9.17, 15) is 9.59 Å². The second kappa shape index (κ2) is 8.70. The van der Waals surface area contributed by atoms with E-state index in [0.717, 1.165) is 76.4 Å². The van der Waals surface area contributed by atoms with Crippen molar-refractivity contribution in [1.29, 1.82) is 0 Å². The van der Waals surface area contributed by atoms with Crippen LogP contribution in [-0.2, 0) is 4.79 Å².